The van der Waals surface area contributed by atoms with Crippen LogP contribution in [0.15, 0.2) is 70.7 Å². The summed E-state index contributed by atoms with van der Waals surface area (Å²) in [7, 11) is 0. The van der Waals surface area contributed by atoms with Crippen LogP contribution in [0.5, 0.6) is 0 Å². The molecule has 0 atom stereocenters. The molecule has 0 aliphatic heterocycles. The molecule has 64 heavy (non-hydrogen) atoms. The zero-order valence-electron chi connectivity index (χ0n) is 42.9. The number of aliphatic imine (C=N–C) groups is 2. The second-order valence-corrected chi connectivity index (χ2v) is 19.6. The Morgan fingerprint density at radius 3 is 1.03 bits per heavy atom. The lowest BCUT2D eigenvalue weighted by atomic mass is 10.0. The zero-order chi connectivity index (χ0) is 45.5. The van der Waals surface area contributed by atoms with Crippen LogP contribution in [0.25, 0.3) is 12.2 Å². The fraction of sp³-hybridized carbons (Fsp3) is 0.710. The minimum atomic E-state index is 0.943. The second kappa shape index (κ2) is 45.4. The van der Waals surface area contributed by atoms with Gasteiger partial charge in [0, 0.05) is 6.21 Å². The summed E-state index contributed by atoms with van der Waals surface area (Å²) in [5.41, 5.74) is 5.53. The molecule has 2 rings (SSSR count). The monoisotopic (exact) mass is 877 g/mol. The molecule has 2 aromatic rings. The first-order chi connectivity index (χ1) is 31.7. The molecule has 2 aromatic carbocycles. The first-order valence-electron chi connectivity index (χ1n) is 28.4. The van der Waals surface area contributed by atoms with Gasteiger partial charge in [0.25, 0.3) is 0 Å². The Balaban J connectivity index is 1.57. The van der Waals surface area contributed by atoms with Crippen molar-refractivity contribution in [3.63, 3.8) is 0 Å². The van der Waals surface area contributed by atoms with Crippen LogP contribution in [-0.2, 0) is 0 Å². The Kier molecular flexibility index (Phi) is 40.7. The molecule has 0 aliphatic rings. The van der Waals surface area contributed by atoms with Gasteiger partial charge in [-0.15, -0.1) is 0 Å². The van der Waals surface area contributed by atoms with Gasteiger partial charge in [0.05, 0.1) is 17.1 Å². The molecule has 0 fully saturated rings. The van der Waals surface area contributed by atoms with E-state index in [0.29, 0.717) is 0 Å². The number of hydrogen-bond acceptors (Lipinski definition) is 2. The fourth-order valence-electron chi connectivity index (χ4n) is 9.00. The molecule has 0 saturated carbocycles. The molecular formula is C62H104N2. The maximum atomic E-state index is 5.08. The Bertz CT molecular complexity index is 1410. The normalized spacial score (nSPS) is 12.3. The molecule has 0 amide bonds. The lowest BCUT2D eigenvalue weighted by Gasteiger charge is -2.04. The summed E-state index contributed by atoms with van der Waals surface area (Å²) in [6, 6.07) is 17.3. The van der Waals surface area contributed by atoms with Crippen molar-refractivity contribution in [3.05, 3.63) is 71.8 Å². The highest BCUT2D eigenvalue weighted by atomic mass is 14.8. The van der Waals surface area contributed by atoms with Crippen molar-refractivity contribution in [2.45, 2.75) is 284 Å². The van der Waals surface area contributed by atoms with E-state index in [9.17, 15) is 0 Å². The third-order valence-electron chi connectivity index (χ3n) is 13.2. The summed E-state index contributed by atoms with van der Waals surface area (Å²) >= 11 is 0. The van der Waals surface area contributed by atoms with E-state index >= 15 is 0 Å². The van der Waals surface area contributed by atoms with Crippen LogP contribution in [-0.4, -0.2) is 11.9 Å². The van der Waals surface area contributed by atoms with Crippen molar-refractivity contribution >= 4 is 35.5 Å². The van der Waals surface area contributed by atoms with E-state index in [0.717, 1.165) is 49.2 Å². The number of allylic oxidation sites excluding steroid dienone is 2. The highest BCUT2D eigenvalue weighted by Crippen LogP contribution is 2.21. The SMILES string of the molecule is CCCCCCCCCCCCCCCCCCCCC=Cc1cccc(N=CC(CCCC)=Nc2cccc(C=CCCCCCCCCCCCCCCCCCCCC)c2)c1. The molecule has 362 valence electrons. The summed E-state index contributed by atoms with van der Waals surface area (Å²) in [6.07, 6.45) is 68.1. The van der Waals surface area contributed by atoms with E-state index in [2.05, 4.69) is 93.6 Å². The molecule has 0 N–H and O–H groups in total. The molecule has 0 unspecified atom stereocenters. The lowest BCUT2D eigenvalue weighted by molar-refractivity contribution is 0.525. The topological polar surface area (TPSA) is 24.7 Å². The van der Waals surface area contributed by atoms with Crippen LogP contribution in [0.4, 0.5) is 11.4 Å². The van der Waals surface area contributed by atoms with Crippen molar-refractivity contribution in [1.29, 1.82) is 0 Å². The largest absolute Gasteiger partial charge is 0.255 e. The smallest absolute Gasteiger partial charge is 0.0639 e. The standard InChI is InChI=1S/C62H104N2/c1-4-7-10-12-14-16-18-20-22-24-26-28-30-32-34-36-38-40-42-44-48-58-50-46-53-60(55-58)63-57-62(52-9-6-3)64-61-54-47-51-59(56-61)49-45-43-41-39-37-35-33-31-29-27-25-23-21-19-17-15-13-11-8-5-2/h44-51,53-57H,4-43,52H2,1-3H3. The highest BCUT2D eigenvalue weighted by molar-refractivity contribution is 6.31. The first-order valence-corrected chi connectivity index (χ1v) is 28.4. The van der Waals surface area contributed by atoms with Crippen molar-refractivity contribution in [2.75, 3.05) is 0 Å². The van der Waals surface area contributed by atoms with E-state index in [1.165, 1.54) is 242 Å². The third kappa shape index (κ3) is 36.5. The molecule has 2 nitrogen and oxygen atoms in total. The van der Waals surface area contributed by atoms with Crippen LogP contribution in [0.2, 0.25) is 0 Å². The predicted molar refractivity (Wildman–Crippen MR) is 293 cm³/mol. The van der Waals surface area contributed by atoms with E-state index in [-0.39, 0.29) is 0 Å². The van der Waals surface area contributed by atoms with Crippen LogP contribution >= 0.6 is 0 Å². The van der Waals surface area contributed by atoms with Gasteiger partial charge in [-0.25, -0.2) is 0 Å². The van der Waals surface area contributed by atoms with Crippen molar-refractivity contribution in [3.8, 4) is 0 Å². The van der Waals surface area contributed by atoms with Gasteiger partial charge in [0.1, 0.15) is 0 Å². The summed E-state index contributed by atoms with van der Waals surface area (Å²) in [6.45, 7) is 6.86. The Hall–Kier alpha value is -2.74. The van der Waals surface area contributed by atoms with Gasteiger partial charge >= 0.3 is 0 Å². The minimum absolute atomic E-state index is 0.943. The molecule has 0 radical (unpaired) electrons. The number of nitrogens with zero attached hydrogens (tertiary/aromatic N) is 2. The lowest BCUT2D eigenvalue weighted by Crippen LogP contribution is -1.99. The van der Waals surface area contributed by atoms with Crippen LogP contribution in [0, 0.1) is 0 Å². The maximum absolute atomic E-state index is 5.08. The molecule has 0 bridgehead atoms. The van der Waals surface area contributed by atoms with Crippen LogP contribution < -0.4 is 0 Å². The number of rotatable bonds is 46. The Labute approximate surface area is 399 Å². The van der Waals surface area contributed by atoms with Crippen molar-refractivity contribution in [1.82, 2.24) is 0 Å². The van der Waals surface area contributed by atoms with Gasteiger partial charge in [-0.1, -0.05) is 294 Å². The summed E-state index contributed by atoms with van der Waals surface area (Å²) in [5.74, 6) is 0. The van der Waals surface area contributed by atoms with E-state index in [4.69, 9.17) is 9.98 Å². The average molecular weight is 878 g/mol. The summed E-state index contributed by atoms with van der Waals surface area (Å²) < 4.78 is 0. The van der Waals surface area contributed by atoms with Gasteiger partial charge in [0.15, 0.2) is 0 Å². The molecule has 2 heteroatoms. The molecule has 0 spiro atoms. The van der Waals surface area contributed by atoms with Gasteiger partial charge < -0.3 is 0 Å². The van der Waals surface area contributed by atoms with E-state index in [1.54, 1.807) is 0 Å². The average Bonchev–Trinajstić information content (AvgIpc) is 3.31. The predicted octanol–water partition coefficient (Wildman–Crippen LogP) is 22.2. The molecular weight excluding hydrogens is 773 g/mol. The first kappa shape index (κ1) is 57.4. The quantitative estimate of drug-likeness (QED) is 0.0468. The molecule has 0 saturated heterocycles. The zero-order valence-corrected chi connectivity index (χ0v) is 42.9. The highest BCUT2D eigenvalue weighted by Gasteiger charge is 2.01. The van der Waals surface area contributed by atoms with Gasteiger partial charge in [0.2, 0.25) is 0 Å². The van der Waals surface area contributed by atoms with Crippen molar-refractivity contribution < 1.29 is 0 Å². The van der Waals surface area contributed by atoms with Gasteiger partial charge in [-0.05, 0) is 73.9 Å². The summed E-state index contributed by atoms with van der Waals surface area (Å²) in [5, 5.41) is 0. The number of hydrogen-bond donors (Lipinski definition) is 0. The Morgan fingerprint density at radius 2 is 0.672 bits per heavy atom. The van der Waals surface area contributed by atoms with Crippen LogP contribution in [0.3, 0.4) is 0 Å². The summed E-state index contributed by atoms with van der Waals surface area (Å²) in [4.78, 5) is 9.98. The number of unbranched alkanes of at least 4 members (excludes halogenated alkanes) is 37. The second-order valence-electron chi connectivity index (χ2n) is 19.6. The molecule has 0 heterocycles. The Morgan fingerprint density at radius 1 is 0.359 bits per heavy atom. The van der Waals surface area contributed by atoms with Gasteiger partial charge in [-0.2, -0.15) is 0 Å². The molecule has 0 aliphatic carbocycles. The van der Waals surface area contributed by atoms with Gasteiger partial charge in [-0.3, -0.25) is 9.98 Å². The fourth-order valence-corrected chi connectivity index (χ4v) is 9.00. The van der Waals surface area contributed by atoms with Crippen LogP contribution in [0.1, 0.15) is 295 Å². The van der Waals surface area contributed by atoms with E-state index < -0.39 is 0 Å². The molecule has 0 aromatic heterocycles. The van der Waals surface area contributed by atoms with E-state index in [1.807, 2.05) is 6.21 Å². The minimum Gasteiger partial charge on any atom is -0.255 e. The third-order valence-corrected chi connectivity index (χ3v) is 13.2. The van der Waals surface area contributed by atoms with Crippen molar-refractivity contribution in [2.24, 2.45) is 9.98 Å². The number of benzene rings is 2. The maximum Gasteiger partial charge on any atom is 0.0639 e.